The van der Waals surface area contributed by atoms with Crippen LogP contribution in [0.15, 0.2) is 36.7 Å². The first-order valence-corrected chi connectivity index (χ1v) is 6.22. The highest BCUT2D eigenvalue weighted by molar-refractivity contribution is 5.39. The minimum Gasteiger partial charge on any atom is -0.382 e. The van der Waals surface area contributed by atoms with Gasteiger partial charge in [-0.05, 0) is 30.4 Å². The Morgan fingerprint density at radius 1 is 1.11 bits per heavy atom. The van der Waals surface area contributed by atoms with Gasteiger partial charge in [-0.25, -0.2) is 9.97 Å². The zero-order chi connectivity index (χ0) is 12.4. The van der Waals surface area contributed by atoms with Crippen LogP contribution in [-0.2, 0) is 12.8 Å². The molecule has 0 saturated carbocycles. The van der Waals surface area contributed by atoms with Crippen LogP contribution in [0.1, 0.15) is 17.5 Å². The number of aryl methyl sites for hydroxylation is 1. The molecule has 1 aromatic carbocycles. The van der Waals surface area contributed by atoms with Gasteiger partial charge in [0, 0.05) is 6.04 Å². The number of rotatable bonds is 2. The minimum atomic E-state index is 0.429. The van der Waals surface area contributed by atoms with Crippen molar-refractivity contribution in [3.63, 3.8) is 0 Å². The second-order valence-electron chi connectivity index (χ2n) is 4.68. The Hall–Kier alpha value is -2.10. The van der Waals surface area contributed by atoms with Crippen LogP contribution in [0.3, 0.4) is 0 Å². The van der Waals surface area contributed by atoms with E-state index >= 15 is 0 Å². The van der Waals surface area contributed by atoms with Crippen LogP contribution < -0.4 is 11.1 Å². The molecule has 1 aliphatic rings. The SMILES string of the molecule is Nc1cnc(NC2CCc3ccccc3C2)cn1. The molecule has 0 saturated heterocycles. The Balaban J connectivity index is 1.71. The highest BCUT2D eigenvalue weighted by Gasteiger charge is 2.18. The molecule has 4 heteroatoms. The quantitative estimate of drug-likeness (QED) is 0.843. The van der Waals surface area contributed by atoms with Crippen LogP contribution in [0.25, 0.3) is 0 Å². The van der Waals surface area contributed by atoms with Crippen LogP contribution in [0.4, 0.5) is 11.6 Å². The Bertz CT molecular complexity index is 536. The molecule has 3 N–H and O–H groups in total. The molecule has 1 atom stereocenters. The van der Waals surface area contributed by atoms with Gasteiger partial charge in [-0.15, -0.1) is 0 Å². The fourth-order valence-electron chi connectivity index (χ4n) is 2.44. The number of hydrogen-bond donors (Lipinski definition) is 2. The summed E-state index contributed by atoms with van der Waals surface area (Å²) in [5.74, 6) is 1.25. The highest BCUT2D eigenvalue weighted by Crippen LogP contribution is 2.22. The summed E-state index contributed by atoms with van der Waals surface area (Å²) in [4.78, 5) is 8.27. The van der Waals surface area contributed by atoms with Gasteiger partial charge in [-0.2, -0.15) is 0 Å². The third kappa shape index (κ3) is 2.27. The van der Waals surface area contributed by atoms with E-state index in [4.69, 9.17) is 5.73 Å². The van der Waals surface area contributed by atoms with Crippen molar-refractivity contribution < 1.29 is 0 Å². The zero-order valence-electron chi connectivity index (χ0n) is 10.1. The molecule has 18 heavy (non-hydrogen) atoms. The van der Waals surface area contributed by atoms with Crippen LogP contribution >= 0.6 is 0 Å². The number of hydrogen-bond acceptors (Lipinski definition) is 4. The summed E-state index contributed by atoms with van der Waals surface area (Å²) in [5.41, 5.74) is 8.43. The molecule has 92 valence electrons. The first kappa shape index (κ1) is 11.0. The molecule has 2 aromatic rings. The number of nitrogens with zero attached hydrogens (tertiary/aromatic N) is 2. The van der Waals surface area contributed by atoms with Crippen molar-refractivity contribution in [1.82, 2.24) is 9.97 Å². The summed E-state index contributed by atoms with van der Waals surface area (Å²) < 4.78 is 0. The number of fused-ring (bicyclic) bond motifs is 1. The number of anilines is 2. The van der Waals surface area contributed by atoms with Crippen molar-refractivity contribution in [2.75, 3.05) is 11.1 Å². The maximum absolute atomic E-state index is 5.52. The molecule has 0 bridgehead atoms. The first-order valence-electron chi connectivity index (χ1n) is 6.22. The minimum absolute atomic E-state index is 0.429. The van der Waals surface area contributed by atoms with E-state index in [1.165, 1.54) is 11.1 Å². The molecule has 1 aliphatic carbocycles. The van der Waals surface area contributed by atoms with Crippen molar-refractivity contribution in [3.05, 3.63) is 47.8 Å². The smallest absolute Gasteiger partial charge is 0.144 e. The van der Waals surface area contributed by atoms with Gasteiger partial charge in [-0.1, -0.05) is 24.3 Å². The lowest BCUT2D eigenvalue weighted by atomic mass is 9.88. The molecule has 0 fully saturated rings. The molecule has 0 radical (unpaired) electrons. The Kier molecular flexibility index (Phi) is 2.84. The maximum Gasteiger partial charge on any atom is 0.144 e. The third-order valence-corrected chi connectivity index (χ3v) is 3.37. The lowest BCUT2D eigenvalue weighted by Crippen LogP contribution is -2.27. The average Bonchev–Trinajstić information content (AvgIpc) is 2.41. The van der Waals surface area contributed by atoms with Crippen molar-refractivity contribution in [2.24, 2.45) is 0 Å². The zero-order valence-corrected chi connectivity index (χ0v) is 10.1. The maximum atomic E-state index is 5.52. The van der Waals surface area contributed by atoms with Gasteiger partial charge >= 0.3 is 0 Å². The third-order valence-electron chi connectivity index (χ3n) is 3.37. The molecule has 0 amide bonds. The van der Waals surface area contributed by atoms with Gasteiger partial charge in [0.2, 0.25) is 0 Å². The molecule has 0 spiro atoms. The number of nitrogen functional groups attached to an aromatic ring is 1. The van der Waals surface area contributed by atoms with Gasteiger partial charge in [0.1, 0.15) is 11.6 Å². The molecule has 1 aromatic heterocycles. The van der Waals surface area contributed by atoms with Crippen LogP contribution in [0.5, 0.6) is 0 Å². The number of benzene rings is 1. The van der Waals surface area contributed by atoms with E-state index in [9.17, 15) is 0 Å². The lowest BCUT2D eigenvalue weighted by molar-refractivity contribution is 0.608. The van der Waals surface area contributed by atoms with E-state index in [2.05, 4.69) is 39.6 Å². The van der Waals surface area contributed by atoms with Crippen LogP contribution in [0, 0.1) is 0 Å². The summed E-state index contributed by atoms with van der Waals surface area (Å²) in [6.07, 6.45) is 6.57. The number of nitrogens with one attached hydrogen (secondary N) is 1. The molecule has 1 heterocycles. The van der Waals surface area contributed by atoms with Crippen molar-refractivity contribution in [2.45, 2.75) is 25.3 Å². The molecule has 0 aliphatic heterocycles. The van der Waals surface area contributed by atoms with E-state index in [0.717, 1.165) is 25.1 Å². The van der Waals surface area contributed by atoms with Gasteiger partial charge in [0.25, 0.3) is 0 Å². The molecular formula is C14H16N4. The standard InChI is InChI=1S/C14H16N4/c15-13-8-17-14(9-16-13)18-12-6-5-10-3-1-2-4-11(10)7-12/h1-4,8-9,12H,5-7H2,(H2,15,16)(H,17,18). The summed E-state index contributed by atoms with van der Waals surface area (Å²) in [7, 11) is 0. The highest BCUT2D eigenvalue weighted by atomic mass is 15.0. The van der Waals surface area contributed by atoms with E-state index < -0.39 is 0 Å². The van der Waals surface area contributed by atoms with E-state index in [0.29, 0.717) is 11.9 Å². The van der Waals surface area contributed by atoms with E-state index in [-0.39, 0.29) is 0 Å². The predicted molar refractivity (Wildman–Crippen MR) is 72.3 cm³/mol. The predicted octanol–water partition coefficient (Wildman–Crippen LogP) is 2.03. The molecule has 1 unspecified atom stereocenters. The normalized spacial score (nSPS) is 18.1. The second-order valence-corrected chi connectivity index (χ2v) is 4.68. The van der Waals surface area contributed by atoms with E-state index in [1.807, 2.05) is 0 Å². The van der Waals surface area contributed by atoms with Crippen LogP contribution in [0.2, 0.25) is 0 Å². The monoisotopic (exact) mass is 240 g/mol. The summed E-state index contributed by atoms with van der Waals surface area (Å²) in [6, 6.07) is 9.06. The fraction of sp³-hybridized carbons (Fsp3) is 0.286. The largest absolute Gasteiger partial charge is 0.382 e. The topological polar surface area (TPSA) is 63.8 Å². The Labute approximate surface area is 106 Å². The lowest BCUT2D eigenvalue weighted by Gasteiger charge is -2.25. The van der Waals surface area contributed by atoms with Gasteiger partial charge in [0.15, 0.2) is 0 Å². The van der Waals surface area contributed by atoms with Crippen molar-refractivity contribution in [3.8, 4) is 0 Å². The summed E-state index contributed by atoms with van der Waals surface area (Å²) in [6.45, 7) is 0. The molecule has 3 rings (SSSR count). The van der Waals surface area contributed by atoms with Crippen LogP contribution in [-0.4, -0.2) is 16.0 Å². The first-order chi connectivity index (χ1) is 8.81. The van der Waals surface area contributed by atoms with Crippen molar-refractivity contribution in [1.29, 1.82) is 0 Å². The summed E-state index contributed by atoms with van der Waals surface area (Å²) >= 11 is 0. The molecule has 4 nitrogen and oxygen atoms in total. The van der Waals surface area contributed by atoms with Gasteiger partial charge < -0.3 is 11.1 Å². The number of nitrogens with two attached hydrogens (primary N) is 1. The second kappa shape index (κ2) is 4.64. The van der Waals surface area contributed by atoms with Gasteiger partial charge in [0.05, 0.1) is 12.4 Å². The summed E-state index contributed by atoms with van der Waals surface area (Å²) in [5, 5.41) is 3.42. The van der Waals surface area contributed by atoms with E-state index in [1.54, 1.807) is 12.4 Å². The number of aromatic nitrogens is 2. The average molecular weight is 240 g/mol. The van der Waals surface area contributed by atoms with Crippen molar-refractivity contribution >= 4 is 11.6 Å². The Morgan fingerprint density at radius 2 is 1.94 bits per heavy atom. The fourth-order valence-corrected chi connectivity index (χ4v) is 2.44. The molecular weight excluding hydrogens is 224 g/mol. The Morgan fingerprint density at radius 3 is 2.72 bits per heavy atom. The van der Waals surface area contributed by atoms with Gasteiger partial charge in [-0.3, -0.25) is 0 Å².